The van der Waals surface area contributed by atoms with Crippen LogP contribution in [0.15, 0.2) is 47.7 Å². The molecule has 1 aromatic carbocycles. The van der Waals surface area contributed by atoms with Gasteiger partial charge in [-0.15, -0.1) is 0 Å². The molecule has 0 saturated carbocycles. The highest BCUT2D eigenvalue weighted by molar-refractivity contribution is 5.79. The van der Waals surface area contributed by atoms with Gasteiger partial charge in [0.05, 0.1) is 12.2 Å². The second kappa shape index (κ2) is 10.7. The Morgan fingerprint density at radius 3 is 2.37 bits per heavy atom. The van der Waals surface area contributed by atoms with Crippen LogP contribution in [0.2, 0.25) is 0 Å². The number of aromatic nitrogens is 2. The Hall–Kier alpha value is -2.34. The summed E-state index contributed by atoms with van der Waals surface area (Å²) in [5.74, 6) is 0.862. The average molecular weight is 371 g/mol. The number of guanidine groups is 1. The van der Waals surface area contributed by atoms with Gasteiger partial charge in [0, 0.05) is 44.1 Å². The van der Waals surface area contributed by atoms with E-state index < -0.39 is 0 Å². The number of hydrogen-bond donors (Lipinski definition) is 2. The van der Waals surface area contributed by atoms with Crippen LogP contribution in [-0.2, 0) is 6.54 Å². The molecular formula is C21H34N6. The van der Waals surface area contributed by atoms with Crippen molar-refractivity contribution in [3.05, 3.63) is 48.3 Å². The third-order valence-corrected chi connectivity index (χ3v) is 4.46. The van der Waals surface area contributed by atoms with Gasteiger partial charge < -0.3 is 10.6 Å². The summed E-state index contributed by atoms with van der Waals surface area (Å²) >= 11 is 0. The van der Waals surface area contributed by atoms with E-state index in [9.17, 15) is 0 Å². The minimum atomic E-state index is 0.541. The third kappa shape index (κ3) is 6.71. The maximum atomic E-state index is 4.72. The van der Waals surface area contributed by atoms with Crippen LogP contribution < -0.4 is 10.6 Å². The standard InChI is InChI=1S/C21H34N6/c1-6-22-21(23-13-15-26(17(2)3)18(4)5)24-16-19-8-10-20(11-9-19)27-14-7-12-25-27/h7-12,14,17-18H,6,13,15-16H2,1-5H3,(H2,22,23,24). The summed E-state index contributed by atoms with van der Waals surface area (Å²) in [5.41, 5.74) is 2.23. The molecule has 2 aromatic rings. The van der Waals surface area contributed by atoms with E-state index in [2.05, 4.69) is 79.5 Å². The third-order valence-electron chi connectivity index (χ3n) is 4.46. The van der Waals surface area contributed by atoms with Gasteiger partial charge >= 0.3 is 0 Å². The first kappa shape index (κ1) is 21.0. The zero-order valence-electron chi connectivity index (χ0n) is 17.3. The molecule has 2 N–H and O–H groups in total. The summed E-state index contributed by atoms with van der Waals surface area (Å²) in [4.78, 5) is 7.19. The Morgan fingerprint density at radius 1 is 1.11 bits per heavy atom. The number of nitrogens with zero attached hydrogens (tertiary/aromatic N) is 4. The highest BCUT2D eigenvalue weighted by Gasteiger charge is 2.12. The normalized spacial score (nSPS) is 12.2. The van der Waals surface area contributed by atoms with Crippen LogP contribution in [0.1, 0.15) is 40.2 Å². The van der Waals surface area contributed by atoms with Crippen LogP contribution in [0.4, 0.5) is 0 Å². The van der Waals surface area contributed by atoms with Gasteiger partial charge in [-0.2, -0.15) is 5.10 Å². The number of nitrogens with one attached hydrogen (secondary N) is 2. The van der Waals surface area contributed by atoms with Gasteiger partial charge in [0.15, 0.2) is 5.96 Å². The summed E-state index contributed by atoms with van der Waals surface area (Å²) in [7, 11) is 0. The molecule has 0 aliphatic carbocycles. The summed E-state index contributed by atoms with van der Waals surface area (Å²) < 4.78 is 1.86. The molecule has 0 spiro atoms. The quantitative estimate of drug-likeness (QED) is 0.526. The molecule has 148 valence electrons. The molecule has 0 amide bonds. The van der Waals surface area contributed by atoms with Crippen molar-refractivity contribution in [1.82, 2.24) is 25.3 Å². The van der Waals surface area contributed by atoms with Gasteiger partial charge in [0.1, 0.15) is 0 Å². The lowest BCUT2D eigenvalue weighted by Crippen LogP contribution is -2.45. The van der Waals surface area contributed by atoms with Crippen LogP contribution in [0, 0.1) is 0 Å². The minimum Gasteiger partial charge on any atom is -0.357 e. The number of benzene rings is 1. The topological polar surface area (TPSA) is 57.5 Å². The van der Waals surface area contributed by atoms with Crippen LogP contribution >= 0.6 is 0 Å². The average Bonchev–Trinajstić information content (AvgIpc) is 3.17. The second-order valence-corrected chi connectivity index (χ2v) is 7.16. The van der Waals surface area contributed by atoms with Crippen LogP contribution in [0.3, 0.4) is 0 Å². The minimum absolute atomic E-state index is 0.541. The number of rotatable bonds is 9. The predicted octanol–water partition coefficient (Wildman–Crippen LogP) is 3.05. The van der Waals surface area contributed by atoms with E-state index in [1.807, 2.05) is 16.9 Å². The van der Waals surface area contributed by atoms with Crippen molar-refractivity contribution in [3.63, 3.8) is 0 Å². The molecule has 0 fully saturated rings. The first-order valence-electron chi connectivity index (χ1n) is 9.88. The summed E-state index contributed by atoms with van der Waals surface area (Å²) in [6.45, 7) is 14.4. The molecule has 1 heterocycles. The molecular weight excluding hydrogens is 336 g/mol. The maximum Gasteiger partial charge on any atom is 0.191 e. The molecule has 0 saturated heterocycles. The van der Waals surface area contributed by atoms with Gasteiger partial charge in [0.25, 0.3) is 0 Å². The first-order valence-corrected chi connectivity index (χ1v) is 9.88. The number of hydrogen-bond acceptors (Lipinski definition) is 3. The number of aliphatic imine (C=N–C) groups is 1. The lowest BCUT2D eigenvalue weighted by atomic mass is 10.2. The molecule has 1 aromatic heterocycles. The van der Waals surface area contributed by atoms with E-state index in [4.69, 9.17) is 4.99 Å². The fraction of sp³-hybridized carbons (Fsp3) is 0.524. The largest absolute Gasteiger partial charge is 0.357 e. The zero-order valence-corrected chi connectivity index (χ0v) is 17.3. The Balaban J connectivity index is 1.90. The summed E-state index contributed by atoms with van der Waals surface area (Å²) in [6, 6.07) is 11.3. The summed E-state index contributed by atoms with van der Waals surface area (Å²) in [6.07, 6.45) is 3.73. The highest BCUT2D eigenvalue weighted by Crippen LogP contribution is 2.09. The second-order valence-electron chi connectivity index (χ2n) is 7.16. The molecule has 0 bridgehead atoms. The van der Waals surface area contributed by atoms with E-state index in [0.717, 1.165) is 31.3 Å². The fourth-order valence-corrected chi connectivity index (χ4v) is 3.10. The molecule has 0 unspecified atom stereocenters. The van der Waals surface area contributed by atoms with Crippen molar-refractivity contribution in [2.75, 3.05) is 19.6 Å². The Kier molecular flexibility index (Phi) is 8.33. The molecule has 0 atom stereocenters. The molecule has 6 nitrogen and oxygen atoms in total. The predicted molar refractivity (Wildman–Crippen MR) is 113 cm³/mol. The van der Waals surface area contributed by atoms with Gasteiger partial charge in [0.2, 0.25) is 0 Å². The van der Waals surface area contributed by atoms with Gasteiger partial charge in [-0.25, -0.2) is 9.67 Å². The molecule has 0 aliphatic rings. The van der Waals surface area contributed by atoms with E-state index in [-0.39, 0.29) is 0 Å². The lowest BCUT2D eigenvalue weighted by Gasteiger charge is -2.30. The first-order chi connectivity index (χ1) is 13.0. The smallest absolute Gasteiger partial charge is 0.191 e. The lowest BCUT2D eigenvalue weighted by molar-refractivity contribution is 0.178. The Morgan fingerprint density at radius 2 is 1.81 bits per heavy atom. The van der Waals surface area contributed by atoms with Gasteiger partial charge in [-0.1, -0.05) is 12.1 Å². The zero-order chi connectivity index (χ0) is 19.6. The van der Waals surface area contributed by atoms with Gasteiger partial charge in [-0.05, 0) is 58.4 Å². The van der Waals surface area contributed by atoms with E-state index >= 15 is 0 Å². The van der Waals surface area contributed by atoms with E-state index in [0.29, 0.717) is 18.6 Å². The van der Waals surface area contributed by atoms with Crippen molar-refractivity contribution in [2.24, 2.45) is 4.99 Å². The van der Waals surface area contributed by atoms with Crippen molar-refractivity contribution in [3.8, 4) is 5.69 Å². The molecule has 6 heteroatoms. The molecule has 0 aliphatic heterocycles. The van der Waals surface area contributed by atoms with E-state index in [1.54, 1.807) is 6.20 Å². The molecule has 2 rings (SSSR count). The van der Waals surface area contributed by atoms with Gasteiger partial charge in [-0.3, -0.25) is 4.90 Å². The van der Waals surface area contributed by atoms with Crippen LogP contribution in [0.25, 0.3) is 5.69 Å². The summed E-state index contributed by atoms with van der Waals surface area (Å²) in [5, 5.41) is 11.0. The maximum absolute atomic E-state index is 4.72. The Bertz CT molecular complexity index is 665. The van der Waals surface area contributed by atoms with Crippen molar-refractivity contribution < 1.29 is 0 Å². The van der Waals surface area contributed by atoms with Crippen LogP contribution in [-0.4, -0.2) is 52.4 Å². The fourth-order valence-electron chi connectivity index (χ4n) is 3.10. The Labute approximate surface area is 163 Å². The van der Waals surface area contributed by atoms with Crippen molar-refractivity contribution in [1.29, 1.82) is 0 Å². The SMILES string of the molecule is CCNC(=NCc1ccc(-n2cccn2)cc1)NCCN(C(C)C)C(C)C. The monoisotopic (exact) mass is 370 g/mol. The van der Waals surface area contributed by atoms with Crippen molar-refractivity contribution >= 4 is 5.96 Å². The molecule has 0 radical (unpaired) electrons. The van der Waals surface area contributed by atoms with E-state index in [1.165, 1.54) is 5.56 Å². The molecule has 27 heavy (non-hydrogen) atoms. The van der Waals surface area contributed by atoms with Crippen LogP contribution in [0.5, 0.6) is 0 Å². The highest BCUT2D eigenvalue weighted by atomic mass is 15.3. The van der Waals surface area contributed by atoms with Crippen molar-refractivity contribution in [2.45, 2.75) is 53.2 Å².